The molecule has 1 aromatic carbocycles. The van der Waals surface area contributed by atoms with Gasteiger partial charge in [0.1, 0.15) is 22.7 Å². The van der Waals surface area contributed by atoms with Crippen LogP contribution in [0.25, 0.3) is 11.0 Å². The molecular weight excluding hydrogens is 324 g/mol. The van der Waals surface area contributed by atoms with E-state index in [4.69, 9.17) is 19.0 Å². The van der Waals surface area contributed by atoms with Crippen LogP contribution in [0.2, 0.25) is 0 Å². The van der Waals surface area contributed by atoms with Gasteiger partial charge in [0.2, 0.25) is 0 Å². The maximum Gasteiger partial charge on any atom is 0.339 e. The molecule has 0 amide bonds. The number of carboxylic acid groups (broad SMARTS) is 1. The summed E-state index contributed by atoms with van der Waals surface area (Å²) in [7, 11) is 1.55. The highest BCUT2D eigenvalue weighted by molar-refractivity contribution is 5.92. The molecule has 0 unspecified atom stereocenters. The summed E-state index contributed by atoms with van der Waals surface area (Å²) in [6.45, 7) is 5.84. The summed E-state index contributed by atoms with van der Waals surface area (Å²) in [5.74, 6) is 0.276. The van der Waals surface area contributed by atoms with Crippen LogP contribution in [0.5, 0.6) is 11.5 Å². The van der Waals surface area contributed by atoms with Crippen LogP contribution < -0.4 is 15.1 Å². The zero-order valence-electron chi connectivity index (χ0n) is 14.9. The first-order valence-corrected chi connectivity index (χ1v) is 8.30. The predicted molar refractivity (Wildman–Crippen MR) is 92.8 cm³/mol. The second-order valence-corrected chi connectivity index (χ2v) is 7.01. The molecule has 0 atom stereocenters. The number of benzene rings is 1. The van der Waals surface area contributed by atoms with Crippen molar-refractivity contribution in [3.05, 3.63) is 33.2 Å². The van der Waals surface area contributed by atoms with Crippen molar-refractivity contribution in [1.82, 2.24) is 0 Å². The summed E-state index contributed by atoms with van der Waals surface area (Å²) in [4.78, 5) is 23.3. The number of rotatable bonds is 4. The van der Waals surface area contributed by atoms with Crippen LogP contribution in [0.1, 0.15) is 43.4 Å². The molecule has 1 aliphatic rings. The van der Waals surface area contributed by atoms with Crippen molar-refractivity contribution < 1.29 is 23.8 Å². The Balaban J connectivity index is 2.26. The zero-order valence-corrected chi connectivity index (χ0v) is 14.9. The fraction of sp³-hybridized carbons (Fsp3) is 0.474. The lowest BCUT2D eigenvalue weighted by molar-refractivity contribution is -0.136. The predicted octanol–water partition coefficient (Wildman–Crippen LogP) is 3.23. The summed E-state index contributed by atoms with van der Waals surface area (Å²) in [6.07, 6.45) is 1.55. The quantitative estimate of drug-likeness (QED) is 0.856. The molecule has 2 heterocycles. The molecule has 1 aromatic heterocycles. The number of carboxylic acids is 1. The third-order valence-corrected chi connectivity index (χ3v) is 4.75. The van der Waals surface area contributed by atoms with E-state index in [-0.39, 0.29) is 18.4 Å². The van der Waals surface area contributed by atoms with E-state index in [2.05, 4.69) is 0 Å². The maximum absolute atomic E-state index is 12.4. The summed E-state index contributed by atoms with van der Waals surface area (Å²) >= 11 is 0. The topological polar surface area (TPSA) is 86.0 Å². The molecule has 0 aliphatic carbocycles. The molecule has 25 heavy (non-hydrogen) atoms. The molecule has 6 nitrogen and oxygen atoms in total. The van der Waals surface area contributed by atoms with Crippen LogP contribution in [0.4, 0.5) is 0 Å². The first-order chi connectivity index (χ1) is 11.7. The van der Waals surface area contributed by atoms with E-state index in [0.717, 1.165) is 18.4 Å². The van der Waals surface area contributed by atoms with Gasteiger partial charge in [-0.15, -0.1) is 0 Å². The summed E-state index contributed by atoms with van der Waals surface area (Å²) in [5.41, 5.74) is 1.64. The highest BCUT2D eigenvalue weighted by Crippen LogP contribution is 2.43. The Morgan fingerprint density at radius 2 is 2.12 bits per heavy atom. The van der Waals surface area contributed by atoms with Gasteiger partial charge in [0.05, 0.1) is 12.5 Å². The smallest absolute Gasteiger partial charge is 0.339 e. The first kappa shape index (κ1) is 17.3. The molecule has 0 bridgehead atoms. The van der Waals surface area contributed by atoms with Crippen LogP contribution in [0.3, 0.4) is 0 Å². The Morgan fingerprint density at radius 1 is 1.40 bits per heavy atom. The first-order valence-electron chi connectivity index (χ1n) is 8.30. The van der Waals surface area contributed by atoms with E-state index in [1.54, 1.807) is 14.0 Å². The van der Waals surface area contributed by atoms with Crippen molar-refractivity contribution in [2.45, 2.75) is 52.1 Å². The van der Waals surface area contributed by atoms with Crippen molar-refractivity contribution in [3.63, 3.8) is 0 Å². The summed E-state index contributed by atoms with van der Waals surface area (Å²) < 4.78 is 17.2. The molecule has 1 aliphatic heterocycles. The van der Waals surface area contributed by atoms with Gasteiger partial charge in [-0.2, -0.15) is 0 Å². The van der Waals surface area contributed by atoms with Gasteiger partial charge in [-0.05, 0) is 45.6 Å². The van der Waals surface area contributed by atoms with Crippen molar-refractivity contribution in [1.29, 1.82) is 0 Å². The minimum Gasteiger partial charge on any atom is -0.496 e. The fourth-order valence-electron chi connectivity index (χ4n) is 3.36. The SMILES string of the molecule is COc1cc2c(c3oc(=O)c(CCC(=O)O)c(C)c13)CCC(C)(C)O2. The van der Waals surface area contributed by atoms with Gasteiger partial charge in [0, 0.05) is 23.6 Å². The molecule has 134 valence electrons. The summed E-state index contributed by atoms with van der Waals surface area (Å²) in [5, 5.41) is 9.62. The number of fused-ring (bicyclic) bond motifs is 3. The number of hydrogen-bond donors (Lipinski definition) is 1. The number of aryl methyl sites for hydroxylation is 2. The number of carbonyl (C=O) groups is 1. The Bertz CT molecular complexity index is 906. The largest absolute Gasteiger partial charge is 0.496 e. The molecule has 0 spiro atoms. The van der Waals surface area contributed by atoms with Gasteiger partial charge in [-0.25, -0.2) is 4.79 Å². The lowest BCUT2D eigenvalue weighted by Gasteiger charge is -2.33. The molecule has 3 rings (SSSR count). The summed E-state index contributed by atoms with van der Waals surface area (Å²) in [6, 6.07) is 1.83. The molecule has 6 heteroatoms. The van der Waals surface area contributed by atoms with Gasteiger partial charge in [0.25, 0.3) is 0 Å². The molecule has 0 radical (unpaired) electrons. The molecule has 0 fully saturated rings. The van der Waals surface area contributed by atoms with Crippen LogP contribution >= 0.6 is 0 Å². The molecule has 1 N–H and O–H groups in total. The van der Waals surface area contributed by atoms with E-state index in [1.807, 2.05) is 19.9 Å². The van der Waals surface area contributed by atoms with Gasteiger partial charge in [0.15, 0.2) is 0 Å². The highest BCUT2D eigenvalue weighted by Gasteiger charge is 2.31. The molecule has 0 saturated carbocycles. The Labute approximate surface area is 145 Å². The van der Waals surface area contributed by atoms with Crippen molar-refractivity contribution in [3.8, 4) is 11.5 Å². The van der Waals surface area contributed by atoms with Crippen LogP contribution in [-0.2, 0) is 17.6 Å². The zero-order chi connectivity index (χ0) is 18.4. The third-order valence-electron chi connectivity index (χ3n) is 4.75. The normalized spacial score (nSPS) is 15.5. The number of aliphatic carboxylic acids is 1. The van der Waals surface area contributed by atoms with Gasteiger partial charge < -0.3 is 19.0 Å². The molecular formula is C19H22O6. The third kappa shape index (κ3) is 3.08. The Morgan fingerprint density at radius 3 is 2.76 bits per heavy atom. The minimum atomic E-state index is -0.952. The number of ether oxygens (including phenoxy) is 2. The average molecular weight is 346 g/mol. The van der Waals surface area contributed by atoms with E-state index in [1.165, 1.54) is 0 Å². The van der Waals surface area contributed by atoms with Crippen LogP contribution in [0, 0.1) is 6.92 Å². The Hall–Kier alpha value is -2.50. The monoisotopic (exact) mass is 346 g/mol. The second kappa shape index (κ2) is 6.10. The van der Waals surface area contributed by atoms with Crippen molar-refractivity contribution in [2.75, 3.05) is 7.11 Å². The lowest BCUT2D eigenvalue weighted by atomic mass is 9.91. The van der Waals surface area contributed by atoms with E-state index in [9.17, 15) is 9.59 Å². The van der Waals surface area contributed by atoms with Crippen LogP contribution in [-0.4, -0.2) is 23.8 Å². The van der Waals surface area contributed by atoms with Crippen LogP contribution in [0.15, 0.2) is 15.3 Å². The Kier molecular flexibility index (Phi) is 4.22. The van der Waals surface area contributed by atoms with E-state index in [0.29, 0.717) is 33.6 Å². The molecule has 2 aromatic rings. The van der Waals surface area contributed by atoms with E-state index >= 15 is 0 Å². The minimum absolute atomic E-state index is 0.123. The average Bonchev–Trinajstić information content (AvgIpc) is 2.52. The molecule has 0 saturated heterocycles. The van der Waals surface area contributed by atoms with E-state index < -0.39 is 11.6 Å². The highest BCUT2D eigenvalue weighted by atomic mass is 16.5. The van der Waals surface area contributed by atoms with Gasteiger partial charge in [-0.3, -0.25) is 4.79 Å². The lowest BCUT2D eigenvalue weighted by Crippen LogP contribution is -2.32. The number of methoxy groups -OCH3 is 1. The second-order valence-electron chi connectivity index (χ2n) is 7.01. The number of hydrogen-bond acceptors (Lipinski definition) is 5. The van der Waals surface area contributed by atoms with Crippen molar-refractivity contribution in [2.24, 2.45) is 0 Å². The maximum atomic E-state index is 12.4. The fourth-order valence-corrected chi connectivity index (χ4v) is 3.36. The van der Waals surface area contributed by atoms with Gasteiger partial charge in [-0.1, -0.05) is 0 Å². The van der Waals surface area contributed by atoms with Gasteiger partial charge >= 0.3 is 11.6 Å². The van der Waals surface area contributed by atoms with Crippen molar-refractivity contribution >= 4 is 16.9 Å². The standard InChI is InChI=1S/C19H22O6/c1-10-11(5-6-15(20)21)18(22)24-17-12-7-8-19(2,3)25-13(12)9-14(23-4)16(10)17/h9H,5-8H2,1-4H3,(H,20,21).